The van der Waals surface area contributed by atoms with Gasteiger partial charge in [-0.25, -0.2) is 4.39 Å². The molecule has 2 N–H and O–H groups in total. The van der Waals surface area contributed by atoms with Gasteiger partial charge in [-0.3, -0.25) is 0 Å². The van der Waals surface area contributed by atoms with E-state index in [2.05, 4.69) is 0 Å². The smallest absolute Gasteiger partial charge is 0.165 e. The summed E-state index contributed by atoms with van der Waals surface area (Å²) < 4.78 is 18.9. The molecule has 0 aliphatic carbocycles. The lowest BCUT2D eigenvalue weighted by Crippen LogP contribution is -2.00. The van der Waals surface area contributed by atoms with Gasteiger partial charge in [-0.15, -0.1) is 0 Å². The van der Waals surface area contributed by atoms with Crippen molar-refractivity contribution in [2.75, 3.05) is 0 Å². The van der Waals surface area contributed by atoms with Gasteiger partial charge in [-0.05, 0) is 40.1 Å². The highest BCUT2D eigenvalue weighted by atomic mass is 32.1. The Hall–Kier alpha value is -1.39. The topological polar surface area (TPSA) is 35.2 Å². The summed E-state index contributed by atoms with van der Waals surface area (Å²) in [4.78, 5) is 0. The number of nitrogens with two attached hydrogens (primary N) is 1. The monoisotopic (exact) mass is 237 g/mol. The zero-order valence-electron chi connectivity index (χ0n) is 8.65. The van der Waals surface area contributed by atoms with E-state index < -0.39 is 0 Å². The Labute approximate surface area is 97.5 Å². The Balaban J connectivity index is 2.04. The second-order valence-corrected chi connectivity index (χ2v) is 4.17. The van der Waals surface area contributed by atoms with Gasteiger partial charge in [-0.2, -0.15) is 11.3 Å². The molecule has 2 rings (SSSR count). The molecule has 0 aliphatic heterocycles. The van der Waals surface area contributed by atoms with Crippen LogP contribution in [0.25, 0.3) is 0 Å². The zero-order chi connectivity index (χ0) is 11.4. The zero-order valence-corrected chi connectivity index (χ0v) is 9.47. The minimum Gasteiger partial charge on any atom is -0.486 e. The first kappa shape index (κ1) is 11.1. The van der Waals surface area contributed by atoms with E-state index in [1.165, 1.54) is 6.07 Å². The summed E-state index contributed by atoms with van der Waals surface area (Å²) in [5.41, 5.74) is 7.23. The van der Waals surface area contributed by atoms with Crippen molar-refractivity contribution in [2.45, 2.75) is 13.2 Å². The maximum absolute atomic E-state index is 13.5. The van der Waals surface area contributed by atoms with Gasteiger partial charge >= 0.3 is 0 Å². The molecule has 2 aromatic rings. The molecule has 1 aromatic heterocycles. The number of halogens is 1. The van der Waals surface area contributed by atoms with E-state index in [1.54, 1.807) is 23.5 Å². The largest absolute Gasteiger partial charge is 0.486 e. The number of benzene rings is 1. The molecule has 0 aliphatic rings. The molecule has 0 bridgehead atoms. The van der Waals surface area contributed by atoms with Crippen LogP contribution in [0, 0.1) is 5.82 Å². The maximum atomic E-state index is 13.5. The van der Waals surface area contributed by atoms with E-state index in [-0.39, 0.29) is 11.6 Å². The van der Waals surface area contributed by atoms with Crippen molar-refractivity contribution in [3.63, 3.8) is 0 Å². The molecule has 16 heavy (non-hydrogen) atoms. The summed E-state index contributed by atoms with van der Waals surface area (Å²) in [6, 6.07) is 6.75. The molecular weight excluding hydrogens is 225 g/mol. The van der Waals surface area contributed by atoms with E-state index in [4.69, 9.17) is 10.5 Å². The third-order valence-corrected chi connectivity index (χ3v) is 2.94. The fraction of sp³-hybridized carbons (Fsp3) is 0.167. The lowest BCUT2D eigenvalue weighted by molar-refractivity contribution is 0.290. The summed E-state index contributed by atoms with van der Waals surface area (Å²) in [6.07, 6.45) is 0. The number of hydrogen-bond donors (Lipinski definition) is 1. The van der Waals surface area contributed by atoms with Crippen molar-refractivity contribution >= 4 is 11.3 Å². The van der Waals surface area contributed by atoms with Gasteiger partial charge in [0.05, 0.1) is 0 Å². The average molecular weight is 237 g/mol. The van der Waals surface area contributed by atoms with Crippen LogP contribution < -0.4 is 10.5 Å². The second kappa shape index (κ2) is 5.09. The minimum atomic E-state index is -0.363. The van der Waals surface area contributed by atoms with Crippen LogP contribution in [0.4, 0.5) is 4.39 Å². The summed E-state index contributed by atoms with van der Waals surface area (Å²) in [5, 5.41) is 3.94. The summed E-state index contributed by atoms with van der Waals surface area (Å²) in [5.74, 6) is -0.0958. The Morgan fingerprint density at radius 2 is 2.12 bits per heavy atom. The van der Waals surface area contributed by atoms with E-state index in [1.807, 2.05) is 16.8 Å². The first-order valence-electron chi connectivity index (χ1n) is 4.92. The predicted molar refractivity (Wildman–Crippen MR) is 62.9 cm³/mol. The van der Waals surface area contributed by atoms with Gasteiger partial charge in [0.15, 0.2) is 11.6 Å². The molecule has 0 saturated carbocycles. The van der Waals surface area contributed by atoms with Crippen LogP contribution in [0.15, 0.2) is 35.0 Å². The normalized spacial score (nSPS) is 10.4. The third kappa shape index (κ3) is 2.59. The summed E-state index contributed by atoms with van der Waals surface area (Å²) in [7, 11) is 0. The quantitative estimate of drug-likeness (QED) is 0.887. The number of ether oxygens (including phenoxy) is 1. The fourth-order valence-electron chi connectivity index (χ4n) is 1.32. The van der Waals surface area contributed by atoms with Gasteiger partial charge in [0.1, 0.15) is 6.61 Å². The Kier molecular flexibility index (Phi) is 3.54. The van der Waals surface area contributed by atoms with E-state index in [9.17, 15) is 4.39 Å². The van der Waals surface area contributed by atoms with Crippen LogP contribution in [-0.4, -0.2) is 0 Å². The van der Waals surface area contributed by atoms with Crippen LogP contribution in [0.5, 0.6) is 5.75 Å². The number of rotatable bonds is 4. The molecule has 84 valence electrons. The van der Waals surface area contributed by atoms with Crippen molar-refractivity contribution in [3.8, 4) is 5.75 Å². The van der Waals surface area contributed by atoms with E-state index in [0.717, 1.165) is 11.1 Å². The molecule has 0 spiro atoms. The Morgan fingerprint density at radius 1 is 1.25 bits per heavy atom. The third-order valence-electron chi connectivity index (χ3n) is 2.21. The second-order valence-electron chi connectivity index (χ2n) is 3.39. The van der Waals surface area contributed by atoms with Crippen LogP contribution >= 0.6 is 11.3 Å². The summed E-state index contributed by atoms with van der Waals surface area (Å²) in [6.45, 7) is 0.726. The number of thiophene rings is 1. The van der Waals surface area contributed by atoms with Gasteiger partial charge in [0, 0.05) is 6.54 Å². The highest BCUT2D eigenvalue weighted by Gasteiger charge is 2.04. The fourth-order valence-corrected chi connectivity index (χ4v) is 1.98. The van der Waals surface area contributed by atoms with Crippen molar-refractivity contribution in [2.24, 2.45) is 5.73 Å². The lowest BCUT2D eigenvalue weighted by Gasteiger charge is -2.07. The molecular formula is C12H12FNOS. The Morgan fingerprint density at radius 3 is 2.75 bits per heavy atom. The predicted octanol–water partition coefficient (Wildman–Crippen LogP) is 2.92. The molecule has 0 radical (unpaired) electrons. The average Bonchev–Trinajstić information content (AvgIpc) is 2.80. The van der Waals surface area contributed by atoms with Gasteiger partial charge in [0.2, 0.25) is 0 Å². The van der Waals surface area contributed by atoms with Gasteiger partial charge in [0.25, 0.3) is 0 Å². The SMILES string of the molecule is NCc1ccc(OCc2ccsc2)c(F)c1. The maximum Gasteiger partial charge on any atom is 0.165 e. The number of hydrogen-bond acceptors (Lipinski definition) is 3. The van der Waals surface area contributed by atoms with E-state index in [0.29, 0.717) is 13.2 Å². The van der Waals surface area contributed by atoms with Crippen molar-refractivity contribution < 1.29 is 9.13 Å². The highest BCUT2D eigenvalue weighted by molar-refractivity contribution is 7.07. The Bertz CT molecular complexity index is 456. The molecule has 0 atom stereocenters. The van der Waals surface area contributed by atoms with Crippen molar-refractivity contribution in [1.82, 2.24) is 0 Å². The molecule has 0 fully saturated rings. The summed E-state index contributed by atoms with van der Waals surface area (Å²) >= 11 is 1.59. The van der Waals surface area contributed by atoms with Crippen LogP contribution in [-0.2, 0) is 13.2 Å². The van der Waals surface area contributed by atoms with Crippen LogP contribution in [0.2, 0.25) is 0 Å². The minimum absolute atomic E-state index is 0.267. The molecule has 1 heterocycles. The van der Waals surface area contributed by atoms with Crippen LogP contribution in [0.1, 0.15) is 11.1 Å². The molecule has 0 unspecified atom stereocenters. The van der Waals surface area contributed by atoms with Crippen LogP contribution in [0.3, 0.4) is 0 Å². The molecule has 0 saturated heterocycles. The van der Waals surface area contributed by atoms with Gasteiger partial charge < -0.3 is 10.5 Å². The first-order chi connectivity index (χ1) is 7.79. The highest BCUT2D eigenvalue weighted by Crippen LogP contribution is 2.20. The van der Waals surface area contributed by atoms with Crippen molar-refractivity contribution in [3.05, 3.63) is 52.0 Å². The van der Waals surface area contributed by atoms with Gasteiger partial charge in [-0.1, -0.05) is 6.07 Å². The first-order valence-corrected chi connectivity index (χ1v) is 5.86. The molecule has 1 aromatic carbocycles. The van der Waals surface area contributed by atoms with E-state index >= 15 is 0 Å². The molecule has 0 amide bonds. The molecule has 2 nitrogen and oxygen atoms in total. The standard InChI is InChI=1S/C12H12FNOS/c13-11-5-9(6-14)1-2-12(11)15-7-10-3-4-16-8-10/h1-5,8H,6-7,14H2. The lowest BCUT2D eigenvalue weighted by atomic mass is 10.2. The van der Waals surface area contributed by atoms with Crippen molar-refractivity contribution in [1.29, 1.82) is 0 Å². The molecule has 4 heteroatoms.